The first-order chi connectivity index (χ1) is 15.6. The maximum absolute atomic E-state index is 5.79. The average Bonchev–Trinajstić information content (AvgIpc) is 2.80. The lowest BCUT2D eigenvalue weighted by molar-refractivity contribution is 0.271. The van der Waals surface area contributed by atoms with Crippen LogP contribution in [0.2, 0.25) is 0 Å². The first-order valence-electron chi connectivity index (χ1n) is 11.6. The Morgan fingerprint density at radius 2 is 1.59 bits per heavy atom. The number of nitrogens with zero attached hydrogens (tertiary/aromatic N) is 1. The van der Waals surface area contributed by atoms with Crippen molar-refractivity contribution in [3.05, 3.63) is 59.7 Å². The molecule has 0 unspecified atom stereocenters. The topological polar surface area (TPSA) is 54.9 Å². The zero-order valence-corrected chi connectivity index (χ0v) is 20.4. The van der Waals surface area contributed by atoms with Crippen LogP contribution in [0.15, 0.2) is 53.6 Å². The fourth-order valence-corrected chi connectivity index (χ4v) is 3.02. The minimum atomic E-state index is 0.476. The first kappa shape index (κ1) is 25.7. The summed E-state index contributed by atoms with van der Waals surface area (Å²) in [5, 5.41) is 7.83. The average molecular weight is 456 g/mol. The van der Waals surface area contributed by atoms with Gasteiger partial charge in [-0.3, -0.25) is 5.43 Å². The summed E-state index contributed by atoms with van der Waals surface area (Å²) in [6, 6.07) is 15.9. The molecule has 2 N–H and O–H groups in total. The molecule has 32 heavy (non-hydrogen) atoms. The Hall–Kier alpha value is -2.60. The minimum Gasteiger partial charge on any atom is -0.494 e. The highest BCUT2D eigenvalue weighted by atomic mass is 32.1. The number of hydrogen-bond acceptors (Lipinski definition) is 4. The van der Waals surface area contributed by atoms with E-state index in [0.29, 0.717) is 17.6 Å². The van der Waals surface area contributed by atoms with Gasteiger partial charge in [-0.1, -0.05) is 58.6 Å². The van der Waals surface area contributed by atoms with Crippen molar-refractivity contribution in [1.29, 1.82) is 0 Å². The molecule has 174 valence electrons. The molecule has 2 aromatic rings. The molecule has 0 saturated heterocycles. The molecule has 0 fully saturated rings. The van der Waals surface area contributed by atoms with Gasteiger partial charge in [0.1, 0.15) is 11.5 Å². The third-order valence-corrected chi connectivity index (χ3v) is 4.97. The SMILES string of the molecule is CCCCCCCOc1ccc(C=NNC(=S)NCc2ccc(OCC(C)C)cc2)cc1. The van der Waals surface area contributed by atoms with Gasteiger partial charge in [0.05, 0.1) is 19.4 Å². The summed E-state index contributed by atoms with van der Waals surface area (Å²) < 4.78 is 11.5. The predicted octanol–water partition coefficient (Wildman–Crippen LogP) is 6.07. The largest absolute Gasteiger partial charge is 0.494 e. The van der Waals surface area contributed by atoms with Gasteiger partial charge in [0.25, 0.3) is 0 Å². The molecule has 2 aromatic carbocycles. The van der Waals surface area contributed by atoms with Crippen molar-refractivity contribution in [2.75, 3.05) is 13.2 Å². The Labute approximate surface area is 198 Å². The van der Waals surface area contributed by atoms with E-state index >= 15 is 0 Å². The maximum Gasteiger partial charge on any atom is 0.187 e. The molecule has 6 heteroatoms. The van der Waals surface area contributed by atoms with Crippen molar-refractivity contribution in [1.82, 2.24) is 10.7 Å². The van der Waals surface area contributed by atoms with Gasteiger partial charge in [0.2, 0.25) is 0 Å². The van der Waals surface area contributed by atoms with Crippen molar-refractivity contribution in [2.45, 2.75) is 59.4 Å². The molecule has 0 heterocycles. The number of thiocarbonyl (C=S) groups is 1. The molecule has 0 saturated carbocycles. The highest BCUT2D eigenvalue weighted by molar-refractivity contribution is 7.80. The van der Waals surface area contributed by atoms with Crippen LogP contribution in [0.3, 0.4) is 0 Å². The van der Waals surface area contributed by atoms with Crippen LogP contribution in [-0.4, -0.2) is 24.5 Å². The molecule has 0 aromatic heterocycles. The minimum absolute atomic E-state index is 0.476. The molecule has 0 spiro atoms. The Morgan fingerprint density at radius 1 is 0.938 bits per heavy atom. The number of rotatable bonds is 14. The fourth-order valence-electron chi connectivity index (χ4n) is 2.90. The van der Waals surface area contributed by atoms with Crippen LogP contribution in [0.1, 0.15) is 64.0 Å². The highest BCUT2D eigenvalue weighted by Crippen LogP contribution is 2.14. The maximum atomic E-state index is 5.79. The van der Waals surface area contributed by atoms with Crippen LogP contribution in [0.4, 0.5) is 0 Å². The molecular weight excluding hydrogens is 418 g/mol. The van der Waals surface area contributed by atoms with Crippen molar-refractivity contribution < 1.29 is 9.47 Å². The van der Waals surface area contributed by atoms with E-state index in [-0.39, 0.29) is 0 Å². The van der Waals surface area contributed by atoms with Crippen LogP contribution in [0.25, 0.3) is 0 Å². The van der Waals surface area contributed by atoms with Crippen LogP contribution in [0, 0.1) is 5.92 Å². The molecule has 0 aliphatic carbocycles. The lowest BCUT2D eigenvalue weighted by Crippen LogP contribution is -2.31. The van der Waals surface area contributed by atoms with E-state index in [0.717, 1.165) is 42.3 Å². The monoisotopic (exact) mass is 455 g/mol. The van der Waals surface area contributed by atoms with Gasteiger partial charge >= 0.3 is 0 Å². The lowest BCUT2D eigenvalue weighted by atomic mass is 10.2. The number of unbranched alkanes of at least 4 members (excludes halogenated alkanes) is 4. The van der Waals surface area contributed by atoms with E-state index in [1.807, 2.05) is 48.5 Å². The van der Waals surface area contributed by atoms with E-state index < -0.39 is 0 Å². The zero-order valence-electron chi connectivity index (χ0n) is 19.6. The second-order valence-corrected chi connectivity index (χ2v) is 8.64. The molecule has 0 aliphatic rings. The molecule has 0 atom stereocenters. The van der Waals surface area contributed by atoms with Crippen LogP contribution in [0.5, 0.6) is 11.5 Å². The standard InChI is InChI=1S/C26H37N3O2S/c1-4-5-6-7-8-17-30-24-13-11-23(12-14-24)19-28-29-26(32)27-18-22-9-15-25(16-10-22)31-20-21(2)3/h9-16,19,21H,4-8,17-18,20H2,1-3H3,(H2,27,29,32). The Morgan fingerprint density at radius 3 is 2.28 bits per heavy atom. The van der Waals surface area contributed by atoms with Crippen molar-refractivity contribution in [3.8, 4) is 11.5 Å². The smallest absolute Gasteiger partial charge is 0.187 e. The van der Waals surface area contributed by atoms with E-state index in [1.165, 1.54) is 25.7 Å². The number of ether oxygens (including phenoxy) is 2. The second kappa shape index (κ2) is 15.2. The summed E-state index contributed by atoms with van der Waals surface area (Å²) in [6.45, 7) is 8.61. The van der Waals surface area contributed by atoms with Gasteiger partial charge in [0, 0.05) is 6.54 Å². The van der Waals surface area contributed by atoms with Gasteiger partial charge < -0.3 is 14.8 Å². The summed E-state index contributed by atoms with van der Waals surface area (Å²) >= 11 is 5.29. The van der Waals surface area contributed by atoms with Crippen LogP contribution >= 0.6 is 12.2 Å². The van der Waals surface area contributed by atoms with E-state index in [9.17, 15) is 0 Å². The first-order valence-corrected chi connectivity index (χ1v) is 12.0. The summed E-state index contributed by atoms with van der Waals surface area (Å²) in [5.41, 5.74) is 4.95. The summed E-state index contributed by atoms with van der Waals surface area (Å²) in [5.74, 6) is 2.29. The molecular formula is C26H37N3O2S. The third-order valence-electron chi connectivity index (χ3n) is 4.74. The van der Waals surface area contributed by atoms with Gasteiger partial charge in [-0.05, 0) is 72.1 Å². The Kier molecular flexibility index (Phi) is 12.2. The van der Waals surface area contributed by atoms with Gasteiger partial charge in [-0.25, -0.2) is 0 Å². The van der Waals surface area contributed by atoms with Crippen molar-refractivity contribution in [3.63, 3.8) is 0 Å². The Bertz CT molecular complexity index is 805. The van der Waals surface area contributed by atoms with Gasteiger partial charge in [-0.15, -0.1) is 0 Å². The van der Waals surface area contributed by atoms with Gasteiger partial charge in [0.15, 0.2) is 5.11 Å². The van der Waals surface area contributed by atoms with Crippen LogP contribution < -0.4 is 20.2 Å². The number of hydrazone groups is 1. The number of benzene rings is 2. The third kappa shape index (κ3) is 11.1. The molecule has 0 bridgehead atoms. The van der Waals surface area contributed by atoms with Gasteiger partial charge in [-0.2, -0.15) is 5.10 Å². The van der Waals surface area contributed by atoms with E-state index in [4.69, 9.17) is 21.7 Å². The number of nitrogens with one attached hydrogen (secondary N) is 2. The quantitative estimate of drug-likeness (QED) is 0.157. The highest BCUT2D eigenvalue weighted by Gasteiger charge is 2.00. The normalized spacial score (nSPS) is 11.0. The molecule has 0 amide bonds. The van der Waals surface area contributed by atoms with Crippen molar-refractivity contribution >= 4 is 23.5 Å². The van der Waals surface area contributed by atoms with E-state index in [2.05, 4.69) is 36.6 Å². The number of hydrogen-bond donors (Lipinski definition) is 2. The molecule has 0 aliphatic heterocycles. The summed E-state index contributed by atoms with van der Waals surface area (Å²) in [7, 11) is 0. The Balaban J connectivity index is 1.64. The molecule has 2 rings (SSSR count). The zero-order chi connectivity index (χ0) is 23.0. The fraction of sp³-hybridized carbons (Fsp3) is 0.462. The summed E-state index contributed by atoms with van der Waals surface area (Å²) in [4.78, 5) is 0. The molecule has 0 radical (unpaired) electrons. The van der Waals surface area contributed by atoms with Crippen LogP contribution in [-0.2, 0) is 6.54 Å². The lowest BCUT2D eigenvalue weighted by Gasteiger charge is -2.10. The molecule has 5 nitrogen and oxygen atoms in total. The predicted molar refractivity (Wildman–Crippen MR) is 138 cm³/mol. The second-order valence-electron chi connectivity index (χ2n) is 8.23. The van der Waals surface area contributed by atoms with Crippen molar-refractivity contribution in [2.24, 2.45) is 11.0 Å². The van der Waals surface area contributed by atoms with E-state index in [1.54, 1.807) is 6.21 Å². The summed E-state index contributed by atoms with van der Waals surface area (Å²) in [6.07, 6.45) is 7.94.